The zero-order chi connectivity index (χ0) is 8.97. The lowest BCUT2D eigenvalue weighted by Crippen LogP contribution is -2.12. The first-order valence-electron chi connectivity index (χ1n) is 3.38. The number of rotatable bonds is 3. The van der Waals surface area contributed by atoms with Crippen molar-refractivity contribution in [3.05, 3.63) is 29.8 Å². The predicted molar refractivity (Wildman–Crippen MR) is 42.6 cm³/mol. The maximum Gasteiger partial charge on any atom is 0.194 e. The summed E-state index contributed by atoms with van der Waals surface area (Å²) in [6.45, 7) is -0.225. The molecule has 12 heavy (non-hydrogen) atoms. The van der Waals surface area contributed by atoms with Crippen LogP contribution in [-0.2, 0) is 4.84 Å². The maximum absolute atomic E-state index is 11.1. The molecule has 0 radical (unpaired) electrons. The van der Waals surface area contributed by atoms with Gasteiger partial charge in [0, 0.05) is 0 Å². The van der Waals surface area contributed by atoms with Gasteiger partial charge in [0.05, 0.1) is 5.56 Å². The quantitative estimate of drug-likeness (QED) is 0.507. The Labute approximate surface area is 69.5 Å². The fraction of sp³-hybridized carbons (Fsp3) is 0.125. The van der Waals surface area contributed by atoms with Crippen molar-refractivity contribution in [1.82, 2.24) is 0 Å². The average Bonchev–Trinajstić information content (AvgIpc) is 2.05. The van der Waals surface area contributed by atoms with Crippen LogP contribution in [-0.4, -0.2) is 17.5 Å². The molecule has 0 aromatic heterocycles. The second-order valence-electron chi connectivity index (χ2n) is 2.25. The molecule has 1 rings (SSSR count). The summed E-state index contributed by atoms with van der Waals surface area (Å²) in [5.74, 6) is 4.32. The molecule has 0 saturated carbocycles. The molecule has 0 aliphatic carbocycles. The Kier molecular flexibility index (Phi) is 2.79. The van der Waals surface area contributed by atoms with Gasteiger partial charge in [0.25, 0.3) is 0 Å². The summed E-state index contributed by atoms with van der Waals surface area (Å²) in [5, 5.41) is 9.19. The lowest BCUT2D eigenvalue weighted by atomic mass is 10.1. The molecular weight excluding hydrogens is 158 g/mol. The molecule has 0 atom stereocenters. The number of aromatic hydroxyl groups is 1. The second kappa shape index (κ2) is 3.85. The van der Waals surface area contributed by atoms with Gasteiger partial charge in [0.1, 0.15) is 12.4 Å². The van der Waals surface area contributed by atoms with Crippen LogP contribution >= 0.6 is 0 Å². The van der Waals surface area contributed by atoms with E-state index in [2.05, 4.69) is 4.84 Å². The van der Waals surface area contributed by atoms with Crippen molar-refractivity contribution in [2.45, 2.75) is 0 Å². The highest BCUT2D eigenvalue weighted by molar-refractivity contribution is 5.99. The van der Waals surface area contributed by atoms with Crippen molar-refractivity contribution in [2.24, 2.45) is 5.90 Å². The summed E-state index contributed by atoms with van der Waals surface area (Å²) in [4.78, 5) is 15.3. The van der Waals surface area contributed by atoms with Crippen molar-refractivity contribution in [2.75, 3.05) is 6.61 Å². The van der Waals surface area contributed by atoms with Gasteiger partial charge in [-0.3, -0.25) is 9.63 Å². The number of para-hydroxylation sites is 1. The van der Waals surface area contributed by atoms with Crippen molar-refractivity contribution in [3.63, 3.8) is 0 Å². The lowest BCUT2D eigenvalue weighted by Gasteiger charge is -2.00. The number of hydrogen-bond donors (Lipinski definition) is 2. The van der Waals surface area contributed by atoms with E-state index in [1.165, 1.54) is 12.1 Å². The molecule has 4 heteroatoms. The van der Waals surface area contributed by atoms with Crippen molar-refractivity contribution >= 4 is 5.78 Å². The molecule has 0 saturated heterocycles. The minimum absolute atomic E-state index is 0.0560. The van der Waals surface area contributed by atoms with E-state index in [9.17, 15) is 9.90 Å². The van der Waals surface area contributed by atoms with Crippen molar-refractivity contribution in [3.8, 4) is 5.75 Å². The average molecular weight is 167 g/mol. The molecule has 0 amide bonds. The Morgan fingerprint density at radius 1 is 1.50 bits per heavy atom. The molecule has 0 fully saturated rings. The molecule has 4 nitrogen and oxygen atoms in total. The summed E-state index contributed by atoms with van der Waals surface area (Å²) >= 11 is 0. The van der Waals surface area contributed by atoms with Gasteiger partial charge >= 0.3 is 0 Å². The summed E-state index contributed by atoms with van der Waals surface area (Å²) < 4.78 is 0. The number of ketones is 1. The zero-order valence-electron chi connectivity index (χ0n) is 6.36. The van der Waals surface area contributed by atoms with E-state index in [4.69, 9.17) is 5.90 Å². The highest BCUT2D eigenvalue weighted by Gasteiger charge is 2.08. The van der Waals surface area contributed by atoms with Crippen LogP contribution in [0.25, 0.3) is 0 Å². The number of carbonyl (C=O) groups excluding carboxylic acids is 1. The summed E-state index contributed by atoms with van der Waals surface area (Å²) in [6, 6.07) is 6.24. The summed E-state index contributed by atoms with van der Waals surface area (Å²) in [6.07, 6.45) is 0. The van der Waals surface area contributed by atoms with Crippen LogP contribution in [0.2, 0.25) is 0 Å². The highest BCUT2D eigenvalue weighted by atomic mass is 16.6. The number of hydrogen-bond acceptors (Lipinski definition) is 4. The zero-order valence-corrected chi connectivity index (χ0v) is 6.36. The predicted octanol–water partition coefficient (Wildman–Crippen LogP) is 0.465. The third-order valence-corrected chi connectivity index (χ3v) is 1.42. The topological polar surface area (TPSA) is 72.5 Å². The van der Waals surface area contributed by atoms with Crippen LogP contribution in [0.5, 0.6) is 5.75 Å². The smallest absolute Gasteiger partial charge is 0.194 e. The Morgan fingerprint density at radius 2 is 2.17 bits per heavy atom. The van der Waals surface area contributed by atoms with Gasteiger partial charge in [-0.25, -0.2) is 5.90 Å². The molecule has 0 aliphatic heterocycles. The Balaban J connectivity index is 2.87. The van der Waals surface area contributed by atoms with E-state index in [-0.39, 0.29) is 23.7 Å². The first kappa shape index (κ1) is 8.70. The number of carbonyl (C=O) groups is 1. The van der Waals surface area contributed by atoms with Crippen LogP contribution in [0.3, 0.4) is 0 Å². The number of phenolic OH excluding ortho intramolecular Hbond substituents is 1. The van der Waals surface area contributed by atoms with Crippen LogP contribution in [0.4, 0.5) is 0 Å². The van der Waals surface area contributed by atoms with Crippen LogP contribution in [0.1, 0.15) is 10.4 Å². The summed E-state index contributed by atoms with van der Waals surface area (Å²) in [7, 11) is 0. The standard InChI is InChI=1S/C8H9NO3/c9-12-5-8(11)6-3-1-2-4-7(6)10/h1-4,10H,5,9H2. The molecule has 3 N–H and O–H groups in total. The molecule has 0 bridgehead atoms. The fourth-order valence-electron chi connectivity index (χ4n) is 0.863. The van der Waals surface area contributed by atoms with E-state index < -0.39 is 0 Å². The first-order valence-corrected chi connectivity index (χ1v) is 3.38. The normalized spacial score (nSPS) is 9.75. The number of phenols is 1. The van der Waals surface area contributed by atoms with Gasteiger partial charge in [0.2, 0.25) is 0 Å². The van der Waals surface area contributed by atoms with Crippen LogP contribution < -0.4 is 5.90 Å². The van der Waals surface area contributed by atoms with E-state index in [1.54, 1.807) is 12.1 Å². The van der Waals surface area contributed by atoms with Crippen molar-refractivity contribution in [1.29, 1.82) is 0 Å². The van der Waals surface area contributed by atoms with Gasteiger partial charge < -0.3 is 5.11 Å². The number of benzene rings is 1. The van der Waals surface area contributed by atoms with E-state index in [1.807, 2.05) is 0 Å². The van der Waals surface area contributed by atoms with Gasteiger partial charge in [-0.15, -0.1) is 0 Å². The Morgan fingerprint density at radius 3 is 2.75 bits per heavy atom. The van der Waals surface area contributed by atoms with Crippen LogP contribution in [0.15, 0.2) is 24.3 Å². The fourth-order valence-corrected chi connectivity index (χ4v) is 0.863. The molecule has 0 unspecified atom stereocenters. The van der Waals surface area contributed by atoms with Crippen LogP contribution in [0, 0.1) is 0 Å². The molecule has 1 aromatic carbocycles. The highest BCUT2D eigenvalue weighted by Crippen LogP contribution is 2.15. The van der Waals surface area contributed by atoms with E-state index in [0.29, 0.717) is 0 Å². The number of nitrogens with two attached hydrogens (primary N) is 1. The second-order valence-corrected chi connectivity index (χ2v) is 2.25. The molecule has 0 aliphatic rings. The molecule has 0 heterocycles. The molecule has 0 spiro atoms. The minimum Gasteiger partial charge on any atom is -0.507 e. The largest absolute Gasteiger partial charge is 0.507 e. The maximum atomic E-state index is 11.1. The SMILES string of the molecule is NOCC(=O)c1ccccc1O. The number of Topliss-reactive ketones (excluding diaryl/α,β-unsaturated/α-hetero) is 1. The first-order chi connectivity index (χ1) is 5.75. The lowest BCUT2D eigenvalue weighted by molar-refractivity contribution is 0.0761. The van der Waals surface area contributed by atoms with Gasteiger partial charge in [-0.2, -0.15) is 0 Å². The molecular formula is C8H9NO3. The third-order valence-electron chi connectivity index (χ3n) is 1.42. The van der Waals surface area contributed by atoms with E-state index >= 15 is 0 Å². The van der Waals surface area contributed by atoms with Gasteiger partial charge in [-0.05, 0) is 12.1 Å². The molecule has 64 valence electrons. The molecule has 1 aromatic rings. The summed E-state index contributed by atoms with van der Waals surface area (Å²) in [5.41, 5.74) is 0.225. The third kappa shape index (κ3) is 1.81. The van der Waals surface area contributed by atoms with Crippen molar-refractivity contribution < 1.29 is 14.7 Å². The Bertz CT molecular complexity index is 285. The Hall–Kier alpha value is -1.39. The van der Waals surface area contributed by atoms with E-state index in [0.717, 1.165) is 0 Å². The monoisotopic (exact) mass is 167 g/mol. The van der Waals surface area contributed by atoms with Gasteiger partial charge in [-0.1, -0.05) is 12.1 Å². The van der Waals surface area contributed by atoms with Gasteiger partial charge in [0.15, 0.2) is 5.78 Å². The minimum atomic E-state index is -0.337.